The second kappa shape index (κ2) is 12.0. The molecule has 0 saturated heterocycles. The van der Waals surface area contributed by atoms with E-state index in [2.05, 4.69) is 5.32 Å². The molecule has 0 aromatic heterocycles. The van der Waals surface area contributed by atoms with Gasteiger partial charge < -0.3 is 20.9 Å². The molecule has 3 atom stereocenters. The number of nitrogens with one attached hydrogen (secondary N) is 1. The summed E-state index contributed by atoms with van der Waals surface area (Å²) >= 11 is 0. The summed E-state index contributed by atoms with van der Waals surface area (Å²) < 4.78 is 55.0. The van der Waals surface area contributed by atoms with Gasteiger partial charge in [0.2, 0.25) is 0 Å². The van der Waals surface area contributed by atoms with Gasteiger partial charge in [-0.05, 0) is 36.1 Å². The number of benzene rings is 2. The van der Waals surface area contributed by atoms with E-state index in [0.717, 1.165) is 24.0 Å². The Morgan fingerprint density at radius 1 is 1.12 bits per heavy atom. The van der Waals surface area contributed by atoms with E-state index in [1.807, 2.05) is 30.3 Å². The van der Waals surface area contributed by atoms with Gasteiger partial charge in [-0.3, -0.25) is 4.79 Å². The van der Waals surface area contributed by atoms with Gasteiger partial charge in [-0.2, -0.15) is 0 Å². The Balaban J connectivity index is 2.04. The maximum absolute atomic E-state index is 13.4. The summed E-state index contributed by atoms with van der Waals surface area (Å²) in [6.45, 7) is -0.0696. The molecule has 7 nitrogen and oxygen atoms in total. The number of rotatable bonds is 12. The molecule has 0 aliphatic carbocycles. The van der Waals surface area contributed by atoms with Gasteiger partial charge in [0.25, 0.3) is 5.91 Å². The fourth-order valence-corrected chi connectivity index (χ4v) is 3.48. The second-order valence-electron chi connectivity index (χ2n) is 7.58. The largest absolute Gasteiger partial charge is 0.388 e. The maximum Gasteiger partial charge on any atom is 0.251 e. The summed E-state index contributed by atoms with van der Waals surface area (Å²) in [5.74, 6) is -2.59. The normalized spacial score (nSPS) is 14.5. The lowest BCUT2D eigenvalue weighted by Gasteiger charge is -2.27. The molecule has 0 spiro atoms. The van der Waals surface area contributed by atoms with Crippen molar-refractivity contribution in [3.05, 3.63) is 71.3 Å². The van der Waals surface area contributed by atoms with E-state index >= 15 is 0 Å². The zero-order valence-corrected chi connectivity index (χ0v) is 18.5. The molecule has 0 aliphatic heterocycles. The van der Waals surface area contributed by atoms with Crippen LogP contribution < -0.4 is 11.1 Å². The Bertz CT molecular complexity index is 969. The van der Waals surface area contributed by atoms with Crippen molar-refractivity contribution >= 4 is 15.7 Å². The summed E-state index contributed by atoms with van der Waals surface area (Å²) in [6.07, 6.45) is -1.57. The highest BCUT2D eigenvalue weighted by Crippen LogP contribution is 2.13. The zero-order valence-electron chi connectivity index (χ0n) is 17.7. The van der Waals surface area contributed by atoms with E-state index < -0.39 is 45.6 Å². The van der Waals surface area contributed by atoms with E-state index in [9.17, 15) is 27.1 Å². The van der Waals surface area contributed by atoms with Crippen LogP contribution in [0.25, 0.3) is 0 Å². The molecule has 3 unspecified atom stereocenters. The first-order chi connectivity index (χ1) is 15.0. The second-order valence-corrected chi connectivity index (χ2v) is 9.84. The first-order valence-corrected chi connectivity index (χ1v) is 12.1. The third kappa shape index (κ3) is 8.99. The van der Waals surface area contributed by atoms with Crippen LogP contribution in [0.4, 0.5) is 8.78 Å². The van der Waals surface area contributed by atoms with Crippen LogP contribution >= 0.6 is 0 Å². The van der Waals surface area contributed by atoms with Gasteiger partial charge in [0.05, 0.1) is 12.4 Å². The lowest BCUT2D eigenvalue weighted by Crippen LogP contribution is -2.53. The number of nitrogens with two attached hydrogens (primary N) is 1. The average molecular weight is 471 g/mol. The highest BCUT2D eigenvalue weighted by Gasteiger charge is 2.32. The monoisotopic (exact) mass is 470 g/mol. The average Bonchev–Trinajstić information content (AvgIpc) is 2.70. The third-order valence-electron chi connectivity index (χ3n) is 4.71. The van der Waals surface area contributed by atoms with Gasteiger partial charge in [-0.25, -0.2) is 17.2 Å². The molecular formula is C22H28F2N2O5S. The molecule has 4 N–H and O–H groups in total. The minimum atomic E-state index is -3.36. The Labute approximate surface area is 186 Å². The molecular weight excluding hydrogens is 442 g/mol. The summed E-state index contributed by atoms with van der Waals surface area (Å²) in [5, 5.41) is 13.3. The van der Waals surface area contributed by atoms with E-state index in [4.69, 9.17) is 10.5 Å². The molecule has 0 saturated carbocycles. The number of amides is 1. The zero-order chi connectivity index (χ0) is 23.7. The Kier molecular flexibility index (Phi) is 9.70. The first-order valence-electron chi connectivity index (χ1n) is 10.0. The van der Waals surface area contributed by atoms with Crippen LogP contribution in [0.5, 0.6) is 0 Å². The van der Waals surface area contributed by atoms with Crippen molar-refractivity contribution in [3.63, 3.8) is 0 Å². The minimum Gasteiger partial charge on any atom is -0.388 e. The van der Waals surface area contributed by atoms with Gasteiger partial charge in [-0.15, -0.1) is 0 Å². The number of sulfone groups is 1. The fraction of sp³-hybridized carbons (Fsp3) is 0.409. The summed E-state index contributed by atoms with van der Waals surface area (Å²) in [6, 6.07) is 11.2. The van der Waals surface area contributed by atoms with Crippen LogP contribution in [-0.4, -0.2) is 62.8 Å². The van der Waals surface area contributed by atoms with Crippen LogP contribution in [-0.2, 0) is 32.2 Å². The summed E-state index contributed by atoms with van der Waals surface area (Å²) in [5.41, 5.74) is 7.19. The number of hydrogen-bond acceptors (Lipinski definition) is 6. The van der Waals surface area contributed by atoms with Gasteiger partial charge >= 0.3 is 0 Å². The highest BCUT2D eigenvalue weighted by atomic mass is 32.2. The molecule has 0 heterocycles. The van der Waals surface area contributed by atoms with Gasteiger partial charge in [-0.1, -0.05) is 30.3 Å². The molecule has 0 bridgehead atoms. The number of hydrogen-bond donors (Lipinski definition) is 3. The summed E-state index contributed by atoms with van der Waals surface area (Å²) in [7, 11) is -3.36. The van der Waals surface area contributed by atoms with Crippen molar-refractivity contribution in [2.24, 2.45) is 5.73 Å². The van der Waals surface area contributed by atoms with Crippen LogP contribution in [0.15, 0.2) is 48.5 Å². The number of carbonyl (C=O) groups excluding carboxylic acids is 1. The predicted molar refractivity (Wildman–Crippen MR) is 117 cm³/mol. The van der Waals surface area contributed by atoms with Crippen LogP contribution in [0.3, 0.4) is 0 Å². The van der Waals surface area contributed by atoms with Crippen LogP contribution in [0.2, 0.25) is 0 Å². The number of carbonyl (C=O) groups is 1. The third-order valence-corrected chi connectivity index (χ3v) is 5.62. The van der Waals surface area contributed by atoms with Crippen molar-refractivity contribution in [1.29, 1.82) is 0 Å². The molecule has 0 radical (unpaired) electrons. The molecule has 1 amide bonds. The SMILES string of the molecule is CS(=O)(=O)CCOC(C(=O)NCCc1ccccc1)C(O)C(N)Cc1cc(F)cc(F)c1. The van der Waals surface area contributed by atoms with Gasteiger partial charge in [0.15, 0.2) is 6.10 Å². The smallest absolute Gasteiger partial charge is 0.251 e. The van der Waals surface area contributed by atoms with Gasteiger partial charge in [0, 0.05) is 24.9 Å². The number of halogens is 2. The predicted octanol–water partition coefficient (Wildman–Crippen LogP) is 0.984. The first kappa shape index (κ1) is 25.9. The number of ether oxygens (including phenoxy) is 1. The topological polar surface area (TPSA) is 119 Å². The van der Waals surface area contributed by atoms with Gasteiger partial charge in [0.1, 0.15) is 27.6 Å². The lowest BCUT2D eigenvalue weighted by molar-refractivity contribution is -0.141. The molecule has 0 fully saturated rings. The standard InChI is InChI=1S/C22H28F2N2O5S/c1-32(29,30)10-9-31-21(22(28)26-8-7-15-5-3-2-4-6-15)20(27)19(25)13-16-11-17(23)14-18(24)12-16/h2-6,11-12,14,19-21,27H,7-10,13,25H2,1H3,(H,26,28). The molecule has 2 rings (SSSR count). The van der Waals surface area contributed by atoms with E-state index in [1.54, 1.807) is 0 Å². The highest BCUT2D eigenvalue weighted by molar-refractivity contribution is 7.90. The Hall–Kier alpha value is -2.40. The van der Waals surface area contributed by atoms with Crippen molar-refractivity contribution in [1.82, 2.24) is 5.32 Å². The molecule has 10 heteroatoms. The molecule has 176 valence electrons. The lowest BCUT2D eigenvalue weighted by atomic mass is 9.97. The quantitative estimate of drug-likeness (QED) is 0.426. The minimum absolute atomic E-state index is 0.126. The van der Waals surface area contributed by atoms with Crippen LogP contribution in [0.1, 0.15) is 11.1 Å². The van der Waals surface area contributed by atoms with Crippen molar-refractivity contribution in [2.45, 2.75) is 31.1 Å². The number of aliphatic hydroxyl groups is 1. The van der Waals surface area contributed by atoms with Crippen molar-refractivity contribution in [2.75, 3.05) is 25.2 Å². The summed E-state index contributed by atoms with van der Waals surface area (Å²) in [4.78, 5) is 12.7. The van der Waals surface area contributed by atoms with Crippen molar-refractivity contribution < 1.29 is 31.8 Å². The molecule has 0 aliphatic rings. The maximum atomic E-state index is 13.4. The molecule has 2 aromatic carbocycles. The van der Waals surface area contributed by atoms with E-state index in [-0.39, 0.29) is 30.9 Å². The molecule has 32 heavy (non-hydrogen) atoms. The van der Waals surface area contributed by atoms with Crippen molar-refractivity contribution in [3.8, 4) is 0 Å². The Morgan fingerprint density at radius 3 is 2.34 bits per heavy atom. The van der Waals surface area contributed by atoms with E-state index in [0.29, 0.717) is 12.5 Å². The Morgan fingerprint density at radius 2 is 1.75 bits per heavy atom. The van der Waals surface area contributed by atoms with Crippen LogP contribution in [0, 0.1) is 11.6 Å². The molecule has 2 aromatic rings. The number of aliphatic hydroxyl groups excluding tert-OH is 1. The fourth-order valence-electron chi connectivity index (χ4n) is 3.08. The van der Waals surface area contributed by atoms with E-state index in [1.165, 1.54) is 0 Å².